The summed E-state index contributed by atoms with van der Waals surface area (Å²) >= 11 is 1.30. The lowest BCUT2D eigenvalue weighted by Gasteiger charge is -2.10. The number of benzene rings is 4. The van der Waals surface area contributed by atoms with Crippen molar-refractivity contribution in [2.45, 2.75) is 11.8 Å². The minimum Gasteiger partial charge on any atom is -0.489 e. The number of aromatic nitrogens is 3. The molecular weight excluding hydrogens is 494 g/mol. The fourth-order valence-corrected chi connectivity index (χ4v) is 4.46. The maximum atomic E-state index is 12.5. The van der Waals surface area contributed by atoms with Crippen molar-refractivity contribution in [3.63, 3.8) is 0 Å². The highest BCUT2D eigenvalue weighted by Gasteiger charge is 2.17. The van der Waals surface area contributed by atoms with Crippen LogP contribution in [0.25, 0.3) is 17.1 Å². The molecule has 0 saturated carbocycles. The number of amides is 1. The van der Waals surface area contributed by atoms with Crippen molar-refractivity contribution >= 4 is 23.9 Å². The van der Waals surface area contributed by atoms with Gasteiger partial charge >= 0.3 is 0 Å². The number of thioether (sulfide) groups is 1. The Labute approximate surface area is 225 Å². The summed E-state index contributed by atoms with van der Waals surface area (Å²) < 4.78 is 7.82. The van der Waals surface area contributed by atoms with Crippen LogP contribution >= 0.6 is 11.8 Å². The number of nitrogens with zero attached hydrogens (tertiary/aromatic N) is 4. The van der Waals surface area contributed by atoms with Crippen LogP contribution in [0.1, 0.15) is 11.1 Å². The summed E-state index contributed by atoms with van der Waals surface area (Å²) in [5.41, 5.74) is 6.37. The van der Waals surface area contributed by atoms with E-state index >= 15 is 0 Å². The van der Waals surface area contributed by atoms with Crippen LogP contribution in [0.15, 0.2) is 126 Å². The van der Waals surface area contributed by atoms with E-state index in [1.165, 1.54) is 11.8 Å². The molecule has 5 aromatic rings. The Hall–Kier alpha value is -4.69. The first-order valence-electron chi connectivity index (χ1n) is 12.0. The number of hydrazone groups is 1. The molecule has 0 radical (unpaired) electrons. The van der Waals surface area contributed by atoms with Crippen molar-refractivity contribution in [2.24, 2.45) is 5.10 Å². The Bertz CT molecular complexity index is 1510. The van der Waals surface area contributed by atoms with E-state index in [0.29, 0.717) is 17.6 Å². The van der Waals surface area contributed by atoms with Crippen LogP contribution < -0.4 is 10.2 Å². The zero-order valence-electron chi connectivity index (χ0n) is 20.5. The SMILES string of the molecule is O=C(CSc1nnc(-c2ccccc2)n1-c1ccccc1)N/N=C/c1cccc(OCc2ccccc2)c1. The van der Waals surface area contributed by atoms with Crippen molar-refractivity contribution in [3.8, 4) is 22.8 Å². The second-order valence-electron chi connectivity index (χ2n) is 8.27. The van der Waals surface area contributed by atoms with E-state index in [-0.39, 0.29) is 11.7 Å². The fourth-order valence-electron chi connectivity index (χ4n) is 3.71. The summed E-state index contributed by atoms with van der Waals surface area (Å²) in [6.45, 7) is 0.481. The van der Waals surface area contributed by atoms with Gasteiger partial charge in [0.2, 0.25) is 0 Å². The zero-order chi connectivity index (χ0) is 26.0. The zero-order valence-corrected chi connectivity index (χ0v) is 21.3. The average Bonchev–Trinajstić information content (AvgIpc) is 3.41. The molecule has 188 valence electrons. The number of carbonyl (C=O) groups is 1. The van der Waals surface area contributed by atoms with E-state index in [4.69, 9.17) is 4.74 Å². The molecule has 0 aliphatic carbocycles. The van der Waals surface area contributed by atoms with Crippen LogP contribution in [-0.2, 0) is 11.4 Å². The van der Waals surface area contributed by atoms with Gasteiger partial charge in [-0.1, -0.05) is 103 Å². The van der Waals surface area contributed by atoms with Gasteiger partial charge in [-0.05, 0) is 35.4 Å². The summed E-state index contributed by atoms with van der Waals surface area (Å²) in [6.07, 6.45) is 1.60. The first-order valence-corrected chi connectivity index (χ1v) is 13.0. The molecule has 0 fully saturated rings. The second kappa shape index (κ2) is 12.5. The van der Waals surface area contributed by atoms with Crippen LogP contribution in [0.5, 0.6) is 5.75 Å². The lowest BCUT2D eigenvalue weighted by atomic mass is 10.2. The van der Waals surface area contributed by atoms with Gasteiger partial charge in [-0.15, -0.1) is 10.2 Å². The Kier molecular flexibility index (Phi) is 8.23. The van der Waals surface area contributed by atoms with E-state index in [0.717, 1.165) is 28.1 Å². The molecule has 0 unspecified atom stereocenters. The molecule has 7 nitrogen and oxygen atoms in total. The van der Waals surface area contributed by atoms with E-state index < -0.39 is 0 Å². The molecule has 1 N–H and O–H groups in total. The average molecular weight is 520 g/mol. The van der Waals surface area contributed by atoms with Gasteiger partial charge in [-0.25, -0.2) is 5.43 Å². The molecule has 1 heterocycles. The second-order valence-corrected chi connectivity index (χ2v) is 9.21. The highest BCUT2D eigenvalue weighted by Crippen LogP contribution is 2.27. The van der Waals surface area contributed by atoms with Crippen LogP contribution in [0.3, 0.4) is 0 Å². The van der Waals surface area contributed by atoms with Gasteiger partial charge in [-0.3, -0.25) is 9.36 Å². The normalized spacial score (nSPS) is 10.9. The van der Waals surface area contributed by atoms with Crippen LogP contribution in [-0.4, -0.2) is 32.6 Å². The molecule has 1 amide bonds. The van der Waals surface area contributed by atoms with E-state index in [1.54, 1.807) is 6.21 Å². The third-order valence-corrected chi connectivity index (χ3v) is 6.45. The molecular formula is C30H25N5O2S. The molecule has 0 aliphatic rings. The van der Waals surface area contributed by atoms with Crippen LogP contribution in [0.4, 0.5) is 0 Å². The van der Waals surface area contributed by atoms with Crippen LogP contribution in [0, 0.1) is 0 Å². The maximum absolute atomic E-state index is 12.5. The lowest BCUT2D eigenvalue weighted by Crippen LogP contribution is -2.20. The van der Waals surface area contributed by atoms with Gasteiger partial charge in [0.15, 0.2) is 11.0 Å². The molecule has 0 aliphatic heterocycles. The lowest BCUT2D eigenvalue weighted by molar-refractivity contribution is -0.118. The first kappa shape index (κ1) is 25.0. The summed E-state index contributed by atoms with van der Waals surface area (Å²) in [7, 11) is 0. The molecule has 0 bridgehead atoms. The first-order chi connectivity index (χ1) is 18.8. The highest BCUT2D eigenvalue weighted by atomic mass is 32.2. The predicted octanol–water partition coefficient (Wildman–Crippen LogP) is 5.76. The van der Waals surface area contributed by atoms with Crippen molar-refractivity contribution in [2.75, 3.05) is 5.75 Å². The third kappa shape index (κ3) is 6.54. The van der Waals surface area contributed by atoms with Gasteiger partial charge in [0, 0.05) is 11.3 Å². The monoisotopic (exact) mass is 519 g/mol. The van der Waals surface area contributed by atoms with Gasteiger partial charge in [0.1, 0.15) is 12.4 Å². The molecule has 0 saturated heterocycles. The summed E-state index contributed by atoms with van der Waals surface area (Å²) in [6, 6.07) is 37.2. The topological polar surface area (TPSA) is 81.4 Å². The third-order valence-electron chi connectivity index (χ3n) is 5.52. The molecule has 5 rings (SSSR count). The summed E-state index contributed by atoms with van der Waals surface area (Å²) in [4.78, 5) is 12.5. The van der Waals surface area contributed by atoms with E-state index in [2.05, 4.69) is 20.7 Å². The number of hydrogen-bond acceptors (Lipinski definition) is 6. The van der Waals surface area contributed by atoms with Gasteiger partial charge in [-0.2, -0.15) is 5.10 Å². The maximum Gasteiger partial charge on any atom is 0.250 e. The minimum atomic E-state index is -0.244. The van der Waals surface area contributed by atoms with E-state index in [9.17, 15) is 4.79 Å². The minimum absolute atomic E-state index is 0.136. The number of rotatable bonds is 10. The summed E-state index contributed by atoms with van der Waals surface area (Å²) in [5.74, 6) is 1.34. The molecule has 38 heavy (non-hydrogen) atoms. The Morgan fingerprint density at radius 2 is 1.58 bits per heavy atom. The Morgan fingerprint density at radius 1 is 0.868 bits per heavy atom. The van der Waals surface area contributed by atoms with Crippen molar-refractivity contribution in [3.05, 3.63) is 126 Å². The number of carbonyl (C=O) groups excluding carboxylic acids is 1. The van der Waals surface area contributed by atoms with E-state index in [1.807, 2.05) is 120 Å². The van der Waals surface area contributed by atoms with Crippen molar-refractivity contribution in [1.82, 2.24) is 20.2 Å². The van der Waals surface area contributed by atoms with Gasteiger partial charge in [0.25, 0.3) is 5.91 Å². The number of hydrogen-bond donors (Lipinski definition) is 1. The predicted molar refractivity (Wildman–Crippen MR) is 150 cm³/mol. The fraction of sp³-hybridized carbons (Fsp3) is 0.0667. The largest absolute Gasteiger partial charge is 0.489 e. The Balaban J connectivity index is 1.20. The molecule has 0 atom stereocenters. The number of ether oxygens (including phenoxy) is 1. The quantitative estimate of drug-likeness (QED) is 0.144. The van der Waals surface area contributed by atoms with Gasteiger partial charge in [0.05, 0.1) is 12.0 Å². The van der Waals surface area contributed by atoms with Crippen LogP contribution in [0.2, 0.25) is 0 Å². The number of nitrogens with one attached hydrogen (secondary N) is 1. The molecule has 0 spiro atoms. The standard InChI is InChI=1S/C30H25N5O2S/c36-28(32-31-20-24-13-10-18-27(19-24)37-21-23-11-4-1-5-12-23)22-38-30-34-33-29(25-14-6-2-7-15-25)35(30)26-16-8-3-9-17-26/h1-20H,21-22H2,(H,32,36)/b31-20+. The molecule has 4 aromatic carbocycles. The Morgan fingerprint density at radius 3 is 2.34 bits per heavy atom. The molecule has 8 heteroatoms. The highest BCUT2D eigenvalue weighted by molar-refractivity contribution is 7.99. The van der Waals surface area contributed by atoms with Crippen molar-refractivity contribution < 1.29 is 9.53 Å². The van der Waals surface area contributed by atoms with Gasteiger partial charge < -0.3 is 4.74 Å². The summed E-state index contributed by atoms with van der Waals surface area (Å²) in [5, 5.41) is 13.5. The van der Waals surface area contributed by atoms with Crippen molar-refractivity contribution in [1.29, 1.82) is 0 Å². The smallest absolute Gasteiger partial charge is 0.250 e. The number of para-hydroxylation sites is 1. The molecule has 1 aromatic heterocycles.